The molecule has 11 heavy (non-hydrogen) atoms. The van der Waals surface area contributed by atoms with E-state index in [1.54, 1.807) is 13.2 Å². The van der Waals surface area contributed by atoms with E-state index in [1.165, 1.54) is 0 Å². The summed E-state index contributed by atoms with van der Waals surface area (Å²) in [6.45, 7) is 0.441. The number of nitrogens with one attached hydrogen (secondary N) is 1. The summed E-state index contributed by atoms with van der Waals surface area (Å²) in [6, 6.07) is 1.81. The summed E-state index contributed by atoms with van der Waals surface area (Å²) in [7, 11) is 1.77. The third kappa shape index (κ3) is 1.61. The molecule has 1 heterocycles. The lowest BCUT2D eigenvalue weighted by Gasteiger charge is -2.04. The minimum Gasteiger partial charge on any atom is -0.372 e. The van der Waals surface area contributed by atoms with Crippen LogP contribution in [-0.4, -0.2) is 12.0 Å². The number of aromatic nitrogens is 1. The van der Waals surface area contributed by atoms with E-state index in [9.17, 15) is 0 Å². The first-order valence-electron chi connectivity index (χ1n) is 3.30. The molecule has 0 amide bonds. The van der Waals surface area contributed by atoms with E-state index in [2.05, 4.69) is 10.3 Å². The average molecular weight is 172 g/mol. The van der Waals surface area contributed by atoms with Gasteiger partial charge in [-0.2, -0.15) is 0 Å². The van der Waals surface area contributed by atoms with Gasteiger partial charge in [0, 0.05) is 19.8 Å². The molecule has 0 radical (unpaired) electrons. The molecule has 0 aliphatic carbocycles. The van der Waals surface area contributed by atoms with Crippen molar-refractivity contribution in [3.8, 4) is 0 Å². The molecule has 0 aliphatic heterocycles. The van der Waals surface area contributed by atoms with Crippen LogP contribution < -0.4 is 11.1 Å². The fourth-order valence-electron chi connectivity index (χ4n) is 0.816. The van der Waals surface area contributed by atoms with Gasteiger partial charge in [0.1, 0.15) is 5.82 Å². The molecule has 0 saturated carbocycles. The Labute approximate surface area is 70.6 Å². The van der Waals surface area contributed by atoms with E-state index in [-0.39, 0.29) is 0 Å². The summed E-state index contributed by atoms with van der Waals surface area (Å²) >= 11 is 5.90. The molecule has 3 N–H and O–H groups in total. The maximum absolute atomic E-state index is 5.90. The van der Waals surface area contributed by atoms with E-state index in [0.29, 0.717) is 17.4 Å². The first-order chi connectivity index (χ1) is 5.29. The van der Waals surface area contributed by atoms with E-state index < -0.39 is 0 Å². The molecule has 0 bridgehead atoms. The topological polar surface area (TPSA) is 50.9 Å². The fourth-order valence-corrected chi connectivity index (χ4v) is 1.10. The maximum Gasteiger partial charge on any atom is 0.144 e. The fraction of sp³-hybridized carbons (Fsp3) is 0.286. The SMILES string of the molecule is CNc1nccc(CN)c1Cl. The van der Waals surface area contributed by atoms with Gasteiger partial charge in [-0.25, -0.2) is 4.98 Å². The minimum absolute atomic E-state index is 0.441. The largest absolute Gasteiger partial charge is 0.372 e. The van der Waals surface area contributed by atoms with Gasteiger partial charge < -0.3 is 11.1 Å². The third-order valence-electron chi connectivity index (χ3n) is 1.43. The second-order valence-electron chi connectivity index (χ2n) is 2.09. The van der Waals surface area contributed by atoms with Crippen molar-refractivity contribution in [1.82, 2.24) is 4.98 Å². The normalized spacial score (nSPS) is 9.73. The van der Waals surface area contributed by atoms with Crippen LogP contribution in [0.1, 0.15) is 5.56 Å². The van der Waals surface area contributed by atoms with Gasteiger partial charge in [-0.15, -0.1) is 0 Å². The van der Waals surface area contributed by atoms with Crippen LogP contribution in [0.3, 0.4) is 0 Å². The summed E-state index contributed by atoms with van der Waals surface area (Å²) in [4.78, 5) is 4.01. The van der Waals surface area contributed by atoms with Gasteiger partial charge in [0.05, 0.1) is 5.02 Å². The Balaban J connectivity index is 3.10. The van der Waals surface area contributed by atoms with Gasteiger partial charge in [0.2, 0.25) is 0 Å². The molecule has 0 saturated heterocycles. The lowest BCUT2D eigenvalue weighted by Crippen LogP contribution is -2.01. The van der Waals surface area contributed by atoms with Crippen molar-refractivity contribution in [2.24, 2.45) is 5.73 Å². The van der Waals surface area contributed by atoms with Gasteiger partial charge in [0.25, 0.3) is 0 Å². The van der Waals surface area contributed by atoms with Crippen molar-refractivity contribution >= 4 is 17.4 Å². The summed E-state index contributed by atoms with van der Waals surface area (Å²) in [5.41, 5.74) is 6.34. The van der Waals surface area contributed by atoms with Crippen molar-refractivity contribution in [1.29, 1.82) is 0 Å². The van der Waals surface area contributed by atoms with Crippen molar-refractivity contribution < 1.29 is 0 Å². The molecular weight excluding hydrogens is 162 g/mol. The summed E-state index contributed by atoms with van der Waals surface area (Å²) in [5, 5.41) is 3.48. The molecule has 0 atom stereocenters. The summed E-state index contributed by atoms with van der Waals surface area (Å²) in [6.07, 6.45) is 1.68. The smallest absolute Gasteiger partial charge is 0.144 e. The van der Waals surface area contributed by atoms with Gasteiger partial charge in [-0.05, 0) is 11.6 Å². The highest BCUT2D eigenvalue weighted by Gasteiger charge is 2.02. The number of hydrogen-bond donors (Lipinski definition) is 2. The van der Waals surface area contributed by atoms with Crippen LogP contribution in [-0.2, 0) is 6.54 Å². The molecular formula is C7H10ClN3. The zero-order chi connectivity index (χ0) is 8.27. The van der Waals surface area contributed by atoms with Gasteiger partial charge in [0.15, 0.2) is 0 Å². The highest BCUT2D eigenvalue weighted by Crippen LogP contribution is 2.21. The number of anilines is 1. The first-order valence-corrected chi connectivity index (χ1v) is 3.68. The maximum atomic E-state index is 5.90. The predicted octanol–water partition coefficient (Wildman–Crippen LogP) is 1.24. The Bertz CT molecular complexity index is 227. The van der Waals surface area contributed by atoms with Crippen molar-refractivity contribution in [2.75, 3.05) is 12.4 Å². The monoisotopic (exact) mass is 171 g/mol. The molecule has 0 aliphatic rings. The molecule has 1 rings (SSSR count). The highest BCUT2D eigenvalue weighted by atomic mass is 35.5. The van der Waals surface area contributed by atoms with E-state index in [1.807, 2.05) is 6.07 Å². The molecule has 0 unspecified atom stereocenters. The van der Waals surface area contributed by atoms with E-state index in [0.717, 1.165) is 5.56 Å². The van der Waals surface area contributed by atoms with E-state index in [4.69, 9.17) is 17.3 Å². The summed E-state index contributed by atoms with van der Waals surface area (Å²) < 4.78 is 0. The molecule has 4 heteroatoms. The second kappa shape index (κ2) is 3.55. The molecule has 0 aromatic carbocycles. The molecule has 1 aromatic heterocycles. The number of nitrogens with zero attached hydrogens (tertiary/aromatic N) is 1. The number of hydrogen-bond acceptors (Lipinski definition) is 3. The van der Waals surface area contributed by atoms with Crippen LogP contribution in [0.25, 0.3) is 0 Å². The summed E-state index contributed by atoms with van der Waals surface area (Å²) in [5.74, 6) is 0.676. The van der Waals surface area contributed by atoms with Crippen molar-refractivity contribution in [3.63, 3.8) is 0 Å². The van der Waals surface area contributed by atoms with Crippen molar-refractivity contribution in [2.45, 2.75) is 6.54 Å². The Morgan fingerprint density at radius 3 is 3.00 bits per heavy atom. The highest BCUT2D eigenvalue weighted by molar-refractivity contribution is 6.33. The quantitative estimate of drug-likeness (QED) is 0.704. The number of halogens is 1. The molecule has 0 spiro atoms. The lowest BCUT2D eigenvalue weighted by atomic mass is 10.2. The Morgan fingerprint density at radius 1 is 1.73 bits per heavy atom. The van der Waals surface area contributed by atoms with Gasteiger partial charge in [-0.3, -0.25) is 0 Å². The zero-order valence-corrected chi connectivity index (χ0v) is 7.02. The second-order valence-corrected chi connectivity index (χ2v) is 2.46. The first kappa shape index (κ1) is 8.30. The van der Waals surface area contributed by atoms with Crippen LogP contribution >= 0.6 is 11.6 Å². The predicted molar refractivity (Wildman–Crippen MR) is 46.7 cm³/mol. The Kier molecular flexibility index (Phi) is 2.68. The Hall–Kier alpha value is -0.800. The number of nitrogens with two attached hydrogens (primary N) is 1. The van der Waals surface area contributed by atoms with Gasteiger partial charge in [-0.1, -0.05) is 11.6 Å². The average Bonchev–Trinajstić information content (AvgIpc) is 2.05. The minimum atomic E-state index is 0.441. The van der Waals surface area contributed by atoms with Crippen LogP contribution in [0, 0.1) is 0 Å². The number of pyridine rings is 1. The molecule has 60 valence electrons. The van der Waals surface area contributed by atoms with Crippen LogP contribution in [0.15, 0.2) is 12.3 Å². The number of rotatable bonds is 2. The molecule has 3 nitrogen and oxygen atoms in total. The molecule has 1 aromatic rings. The van der Waals surface area contributed by atoms with Crippen molar-refractivity contribution in [3.05, 3.63) is 22.8 Å². The van der Waals surface area contributed by atoms with Crippen LogP contribution in [0.2, 0.25) is 5.02 Å². The third-order valence-corrected chi connectivity index (χ3v) is 1.85. The van der Waals surface area contributed by atoms with E-state index >= 15 is 0 Å². The standard InChI is InChI=1S/C7H10ClN3/c1-10-7-6(8)5(4-9)2-3-11-7/h2-3H,4,9H2,1H3,(H,10,11). The van der Waals surface area contributed by atoms with Gasteiger partial charge >= 0.3 is 0 Å². The zero-order valence-electron chi connectivity index (χ0n) is 6.26. The van der Waals surface area contributed by atoms with Crippen LogP contribution in [0.5, 0.6) is 0 Å². The molecule has 0 fully saturated rings. The lowest BCUT2D eigenvalue weighted by molar-refractivity contribution is 1.06. The Morgan fingerprint density at radius 2 is 2.45 bits per heavy atom. The van der Waals surface area contributed by atoms with Crippen LogP contribution in [0.4, 0.5) is 5.82 Å².